The molecule has 2 N–H and O–H groups in total. The number of anilines is 1. The summed E-state index contributed by atoms with van der Waals surface area (Å²) in [6, 6.07) is 16.2. The van der Waals surface area contributed by atoms with Gasteiger partial charge in [0.2, 0.25) is 5.91 Å². The third-order valence-corrected chi connectivity index (χ3v) is 4.84. The average Bonchev–Trinajstić information content (AvgIpc) is 3.19. The fraction of sp³-hybridized carbons (Fsp3) is 0.391. The highest BCUT2D eigenvalue weighted by atomic mass is 127. The number of hydrogen-bond donors (Lipinski definition) is 2. The van der Waals surface area contributed by atoms with E-state index in [0.717, 1.165) is 54.5 Å². The molecule has 2 aromatic carbocycles. The van der Waals surface area contributed by atoms with Gasteiger partial charge in [-0.15, -0.1) is 24.0 Å². The molecule has 30 heavy (non-hydrogen) atoms. The lowest BCUT2D eigenvalue weighted by Gasteiger charge is -2.16. The van der Waals surface area contributed by atoms with Gasteiger partial charge in [0, 0.05) is 38.8 Å². The summed E-state index contributed by atoms with van der Waals surface area (Å²) in [5, 5.41) is 6.66. The molecule has 0 radical (unpaired) electrons. The van der Waals surface area contributed by atoms with E-state index in [-0.39, 0.29) is 29.9 Å². The Bertz CT molecular complexity index is 839. The fourth-order valence-electron chi connectivity index (χ4n) is 3.27. The Morgan fingerprint density at radius 1 is 1.10 bits per heavy atom. The second kappa shape index (κ2) is 12.4. The first-order valence-corrected chi connectivity index (χ1v) is 10.2. The van der Waals surface area contributed by atoms with Gasteiger partial charge in [0.1, 0.15) is 5.75 Å². The summed E-state index contributed by atoms with van der Waals surface area (Å²) in [5.74, 6) is 1.85. The predicted molar refractivity (Wildman–Crippen MR) is 133 cm³/mol. The predicted octanol–water partition coefficient (Wildman–Crippen LogP) is 4.09. The molecule has 1 saturated heterocycles. The molecule has 1 heterocycles. The van der Waals surface area contributed by atoms with E-state index < -0.39 is 0 Å². The van der Waals surface area contributed by atoms with Crippen molar-refractivity contribution in [3.8, 4) is 5.75 Å². The van der Waals surface area contributed by atoms with Gasteiger partial charge in [0.25, 0.3) is 0 Å². The number of carbonyl (C=O) groups excluding carboxylic acids is 1. The van der Waals surface area contributed by atoms with Crippen molar-refractivity contribution in [2.75, 3.05) is 25.1 Å². The highest BCUT2D eigenvalue weighted by Gasteiger charge is 2.21. The minimum atomic E-state index is 0. The molecule has 3 rings (SSSR count). The maximum Gasteiger partial charge on any atom is 0.227 e. The van der Waals surface area contributed by atoms with E-state index in [9.17, 15) is 4.79 Å². The van der Waals surface area contributed by atoms with Gasteiger partial charge in [-0.1, -0.05) is 31.2 Å². The number of nitrogens with one attached hydrogen (secondary N) is 2. The molecule has 0 saturated carbocycles. The molecule has 1 amide bonds. The Morgan fingerprint density at radius 3 is 2.47 bits per heavy atom. The molecule has 0 aliphatic carbocycles. The molecule has 0 spiro atoms. The van der Waals surface area contributed by atoms with Crippen LogP contribution in [0.1, 0.15) is 37.3 Å². The zero-order valence-electron chi connectivity index (χ0n) is 17.7. The zero-order chi connectivity index (χ0) is 20.5. The monoisotopic (exact) mass is 522 g/mol. The van der Waals surface area contributed by atoms with E-state index in [0.29, 0.717) is 19.5 Å². The molecule has 162 valence electrons. The normalized spacial score (nSPS) is 13.7. The van der Waals surface area contributed by atoms with Gasteiger partial charge in [0.15, 0.2) is 5.96 Å². The van der Waals surface area contributed by atoms with Crippen LogP contribution >= 0.6 is 24.0 Å². The SMILES string of the molecule is CCCOc1cccc(CNC(=NC)NCc2ccc(N3CCCC3=O)cc2)c1.I. The Labute approximate surface area is 196 Å². The van der Waals surface area contributed by atoms with Crippen LogP contribution < -0.4 is 20.3 Å². The average molecular weight is 522 g/mol. The highest BCUT2D eigenvalue weighted by molar-refractivity contribution is 14.0. The van der Waals surface area contributed by atoms with Gasteiger partial charge in [-0.2, -0.15) is 0 Å². The topological polar surface area (TPSA) is 66.0 Å². The Balaban J connectivity index is 0.00000320. The number of nitrogens with zero attached hydrogens (tertiary/aromatic N) is 2. The first-order chi connectivity index (χ1) is 14.2. The molecule has 1 aliphatic rings. The number of amides is 1. The number of carbonyl (C=O) groups is 1. The summed E-state index contributed by atoms with van der Waals surface area (Å²) < 4.78 is 5.69. The Morgan fingerprint density at radius 2 is 1.83 bits per heavy atom. The van der Waals surface area contributed by atoms with Crippen molar-refractivity contribution < 1.29 is 9.53 Å². The van der Waals surface area contributed by atoms with Gasteiger partial charge in [0.05, 0.1) is 6.61 Å². The van der Waals surface area contributed by atoms with Gasteiger partial charge < -0.3 is 20.3 Å². The van der Waals surface area contributed by atoms with Crippen LogP contribution in [0.2, 0.25) is 0 Å². The summed E-state index contributed by atoms with van der Waals surface area (Å²) in [6.07, 6.45) is 2.59. The van der Waals surface area contributed by atoms with Crippen LogP contribution in [0.3, 0.4) is 0 Å². The number of hydrogen-bond acceptors (Lipinski definition) is 3. The number of guanidine groups is 1. The highest BCUT2D eigenvalue weighted by Crippen LogP contribution is 2.21. The minimum Gasteiger partial charge on any atom is -0.494 e. The molecule has 0 bridgehead atoms. The van der Waals surface area contributed by atoms with Crippen molar-refractivity contribution >= 4 is 41.5 Å². The van der Waals surface area contributed by atoms with Crippen molar-refractivity contribution in [3.05, 3.63) is 59.7 Å². The first-order valence-electron chi connectivity index (χ1n) is 10.2. The van der Waals surface area contributed by atoms with Crippen LogP contribution in [0.4, 0.5) is 5.69 Å². The van der Waals surface area contributed by atoms with Crippen molar-refractivity contribution in [2.24, 2.45) is 4.99 Å². The lowest BCUT2D eigenvalue weighted by molar-refractivity contribution is -0.117. The molecule has 6 nitrogen and oxygen atoms in total. The van der Waals surface area contributed by atoms with Crippen molar-refractivity contribution in [1.29, 1.82) is 0 Å². The molecule has 2 aromatic rings. The Hall–Kier alpha value is -2.29. The summed E-state index contributed by atoms with van der Waals surface area (Å²) in [5.41, 5.74) is 3.25. The maximum atomic E-state index is 11.9. The number of aliphatic imine (C=N–C) groups is 1. The van der Waals surface area contributed by atoms with Crippen LogP contribution in [0.25, 0.3) is 0 Å². The van der Waals surface area contributed by atoms with Crippen LogP contribution in [0.15, 0.2) is 53.5 Å². The second-order valence-corrected chi connectivity index (χ2v) is 7.09. The quantitative estimate of drug-likeness (QED) is 0.312. The number of ether oxygens (including phenoxy) is 1. The van der Waals surface area contributed by atoms with Crippen molar-refractivity contribution in [1.82, 2.24) is 10.6 Å². The van der Waals surface area contributed by atoms with Gasteiger partial charge in [-0.3, -0.25) is 9.79 Å². The van der Waals surface area contributed by atoms with Gasteiger partial charge in [-0.25, -0.2) is 0 Å². The summed E-state index contributed by atoms with van der Waals surface area (Å²) in [7, 11) is 1.76. The number of rotatable bonds is 8. The summed E-state index contributed by atoms with van der Waals surface area (Å²) >= 11 is 0. The standard InChI is InChI=1S/C23H30N4O2.HI/c1-3-14-29-21-7-4-6-19(15-21)17-26-23(24-2)25-16-18-9-11-20(12-10-18)27-13-5-8-22(27)28;/h4,6-7,9-12,15H,3,5,8,13-14,16-17H2,1-2H3,(H2,24,25,26);1H. The van der Waals surface area contributed by atoms with E-state index in [1.165, 1.54) is 0 Å². The minimum absolute atomic E-state index is 0. The van der Waals surface area contributed by atoms with Crippen molar-refractivity contribution in [3.63, 3.8) is 0 Å². The first kappa shape index (κ1) is 24.0. The zero-order valence-corrected chi connectivity index (χ0v) is 20.0. The molecule has 0 aromatic heterocycles. The van der Waals surface area contributed by atoms with E-state index in [2.05, 4.69) is 40.7 Å². The molecular formula is C23H31IN4O2. The molecule has 1 fully saturated rings. The van der Waals surface area contributed by atoms with Crippen LogP contribution in [-0.4, -0.2) is 32.1 Å². The number of benzene rings is 2. The van der Waals surface area contributed by atoms with Crippen molar-refractivity contribution in [2.45, 2.75) is 39.3 Å². The van der Waals surface area contributed by atoms with Crippen LogP contribution in [0.5, 0.6) is 5.75 Å². The second-order valence-electron chi connectivity index (χ2n) is 7.09. The summed E-state index contributed by atoms with van der Waals surface area (Å²) in [6.45, 7) is 4.97. The molecule has 7 heteroatoms. The van der Waals surface area contributed by atoms with E-state index in [4.69, 9.17) is 4.74 Å². The maximum absolute atomic E-state index is 11.9. The largest absolute Gasteiger partial charge is 0.494 e. The van der Waals surface area contributed by atoms with E-state index in [1.807, 2.05) is 35.2 Å². The third kappa shape index (κ3) is 6.90. The molecule has 1 aliphatic heterocycles. The number of halogens is 1. The summed E-state index contributed by atoms with van der Waals surface area (Å²) in [4.78, 5) is 18.0. The lowest BCUT2D eigenvalue weighted by atomic mass is 10.2. The third-order valence-electron chi connectivity index (χ3n) is 4.84. The molecule has 0 unspecified atom stereocenters. The van der Waals surface area contributed by atoms with E-state index in [1.54, 1.807) is 7.05 Å². The van der Waals surface area contributed by atoms with Gasteiger partial charge >= 0.3 is 0 Å². The molecule has 0 atom stereocenters. The fourth-order valence-corrected chi connectivity index (χ4v) is 3.27. The molecular weight excluding hydrogens is 491 g/mol. The van der Waals surface area contributed by atoms with Crippen LogP contribution in [0, 0.1) is 0 Å². The van der Waals surface area contributed by atoms with Gasteiger partial charge in [-0.05, 0) is 48.2 Å². The lowest BCUT2D eigenvalue weighted by Crippen LogP contribution is -2.36. The van der Waals surface area contributed by atoms with Crippen LogP contribution in [-0.2, 0) is 17.9 Å². The Kier molecular flexibility index (Phi) is 9.93. The smallest absolute Gasteiger partial charge is 0.227 e. The van der Waals surface area contributed by atoms with E-state index >= 15 is 0 Å².